The van der Waals surface area contributed by atoms with E-state index >= 15 is 0 Å². The average Bonchev–Trinajstić information content (AvgIpc) is 3.25. The molecular formula is C22H38IN5O. The predicted molar refractivity (Wildman–Crippen MR) is 132 cm³/mol. The SMILES string of the molecule is CN=C(NCC1CCCN(C)C1)NCC(c1cccc(OC)c1)N1CCCC1.I. The molecule has 2 unspecified atom stereocenters. The van der Waals surface area contributed by atoms with Gasteiger partial charge in [0.2, 0.25) is 0 Å². The molecule has 2 N–H and O–H groups in total. The highest BCUT2D eigenvalue weighted by Gasteiger charge is 2.24. The number of piperidine rings is 1. The van der Waals surface area contributed by atoms with Crippen molar-refractivity contribution < 1.29 is 4.74 Å². The van der Waals surface area contributed by atoms with E-state index in [4.69, 9.17) is 4.74 Å². The normalized spacial score (nSPS) is 22.0. The summed E-state index contributed by atoms with van der Waals surface area (Å²) < 4.78 is 5.45. The van der Waals surface area contributed by atoms with Gasteiger partial charge in [0.1, 0.15) is 5.75 Å². The summed E-state index contributed by atoms with van der Waals surface area (Å²) in [4.78, 5) is 9.46. The molecule has 164 valence electrons. The molecule has 0 spiro atoms. The molecule has 2 saturated heterocycles. The van der Waals surface area contributed by atoms with Crippen molar-refractivity contribution in [1.82, 2.24) is 20.4 Å². The molecule has 1 aromatic carbocycles. The molecule has 29 heavy (non-hydrogen) atoms. The van der Waals surface area contributed by atoms with E-state index in [1.54, 1.807) is 7.11 Å². The largest absolute Gasteiger partial charge is 0.497 e. The first-order valence-corrected chi connectivity index (χ1v) is 10.7. The van der Waals surface area contributed by atoms with Gasteiger partial charge in [-0.15, -0.1) is 24.0 Å². The van der Waals surface area contributed by atoms with Gasteiger partial charge < -0.3 is 20.3 Å². The Morgan fingerprint density at radius 3 is 2.69 bits per heavy atom. The van der Waals surface area contributed by atoms with E-state index < -0.39 is 0 Å². The van der Waals surface area contributed by atoms with Crippen molar-refractivity contribution >= 4 is 29.9 Å². The number of guanidine groups is 1. The van der Waals surface area contributed by atoms with Crippen LogP contribution in [-0.4, -0.2) is 76.2 Å². The van der Waals surface area contributed by atoms with Crippen molar-refractivity contribution in [2.24, 2.45) is 10.9 Å². The summed E-state index contributed by atoms with van der Waals surface area (Å²) >= 11 is 0. The van der Waals surface area contributed by atoms with Gasteiger partial charge in [0.25, 0.3) is 0 Å². The lowest BCUT2D eigenvalue weighted by molar-refractivity contribution is 0.210. The third kappa shape index (κ3) is 7.29. The fourth-order valence-corrected chi connectivity index (χ4v) is 4.45. The summed E-state index contributed by atoms with van der Waals surface area (Å²) in [6.07, 6.45) is 5.15. The lowest BCUT2D eigenvalue weighted by atomic mass is 9.98. The zero-order valence-corrected chi connectivity index (χ0v) is 20.5. The minimum absolute atomic E-state index is 0. The molecule has 0 saturated carbocycles. The van der Waals surface area contributed by atoms with Crippen LogP contribution in [0.5, 0.6) is 5.75 Å². The third-order valence-electron chi connectivity index (χ3n) is 6.03. The number of hydrogen-bond acceptors (Lipinski definition) is 4. The fourth-order valence-electron chi connectivity index (χ4n) is 4.45. The summed E-state index contributed by atoms with van der Waals surface area (Å²) in [6, 6.07) is 8.81. The third-order valence-corrected chi connectivity index (χ3v) is 6.03. The number of hydrogen-bond donors (Lipinski definition) is 2. The van der Waals surface area contributed by atoms with E-state index in [0.29, 0.717) is 12.0 Å². The molecule has 0 aromatic heterocycles. The summed E-state index contributed by atoms with van der Waals surface area (Å²) in [5.41, 5.74) is 1.30. The van der Waals surface area contributed by atoms with Crippen LogP contribution in [0.15, 0.2) is 29.3 Å². The minimum Gasteiger partial charge on any atom is -0.497 e. The highest BCUT2D eigenvalue weighted by atomic mass is 127. The van der Waals surface area contributed by atoms with Gasteiger partial charge in [-0.2, -0.15) is 0 Å². The number of ether oxygens (including phenoxy) is 1. The predicted octanol–water partition coefficient (Wildman–Crippen LogP) is 2.96. The standard InChI is InChI=1S/C22H37N5O.HI/c1-23-22(24-15-18-8-7-11-26(2)17-18)25-16-21(27-12-4-5-13-27)19-9-6-10-20(14-19)28-3;/h6,9-10,14,18,21H,4-5,7-8,11-13,15-17H2,1-3H3,(H2,23,24,25);1H. The second kappa shape index (κ2) is 12.6. The molecule has 2 heterocycles. The Balaban J connectivity index is 0.00000300. The van der Waals surface area contributed by atoms with Crippen LogP contribution in [0.25, 0.3) is 0 Å². The average molecular weight is 515 g/mol. The van der Waals surface area contributed by atoms with Gasteiger partial charge in [0.15, 0.2) is 5.96 Å². The maximum Gasteiger partial charge on any atom is 0.191 e. The zero-order chi connectivity index (χ0) is 19.8. The van der Waals surface area contributed by atoms with Crippen molar-refractivity contribution in [3.63, 3.8) is 0 Å². The lowest BCUT2D eigenvalue weighted by Crippen LogP contribution is -2.46. The first-order chi connectivity index (χ1) is 13.7. The Hall–Kier alpha value is -1.06. The topological polar surface area (TPSA) is 52.1 Å². The number of nitrogens with zero attached hydrogens (tertiary/aromatic N) is 3. The molecule has 3 rings (SSSR count). The molecule has 0 radical (unpaired) electrons. The van der Waals surface area contributed by atoms with Crippen molar-refractivity contribution in [2.45, 2.75) is 31.7 Å². The summed E-state index contributed by atoms with van der Waals surface area (Å²) in [5, 5.41) is 7.12. The van der Waals surface area contributed by atoms with Crippen molar-refractivity contribution in [3.8, 4) is 5.75 Å². The molecule has 0 aliphatic carbocycles. The molecule has 0 bridgehead atoms. The van der Waals surface area contributed by atoms with Gasteiger partial charge in [-0.3, -0.25) is 9.89 Å². The Kier molecular flexibility index (Phi) is 10.5. The Morgan fingerprint density at radius 1 is 1.21 bits per heavy atom. The second-order valence-corrected chi connectivity index (χ2v) is 8.14. The van der Waals surface area contributed by atoms with E-state index in [1.807, 2.05) is 13.1 Å². The van der Waals surface area contributed by atoms with Crippen molar-refractivity contribution in [2.75, 3.05) is 60.5 Å². The van der Waals surface area contributed by atoms with E-state index in [1.165, 1.54) is 44.3 Å². The number of nitrogens with one attached hydrogen (secondary N) is 2. The van der Waals surface area contributed by atoms with Crippen LogP contribution < -0.4 is 15.4 Å². The van der Waals surface area contributed by atoms with Crippen LogP contribution in [0.4, 0.5) is 0 Å². The Labute approximate surface area is 193 Å². The quantitative estimate of drug-likeness (QED) is 0.333. The van der Waals surface area contributed by atoms with Crippen molar-refractivity contribution in [1.29, 1.82) is 0 Å². The highest BCUT2D eigenvalue weighted by Crippen LogP contribution is 2.27. The number of rotatable bonds is 7. The van der Waals surface area contributed by atoms with E-state index in [9.17, 15) is 0 Å². The molecule has 2 aliphatic heterocycles. The van der Waals surface area contributed by atoms with Crippen LogP contribution in [-0.2, 0) is 0 Å². The molecule has 2 fully saturated rings. The van der Waals surface area contributed by atoms with Crippen LogP contribution >= 0.6 is 24.0 Å². The summed E-state index contributed by atoms with van der Waals surface area (Å²) in [7, 11) is 5.81. The molecule has 0 amide bonds. The molecule has 2 aliphatic rings. The van der Waals surface area contributed by atoms with Gasteiger partial charge in [-0.05, 0) is 76.0 Å². The maximum absolute atomic E-state index is 5.45. The van der Waals surface area contributed by atoms with Crippen LogP contribution in [0.2, 0.25) is 0 Å². The van der Waals surface area contributed by atoms with E-state index in [2.05, 4.69) is 50.7 Å². The second-order valence-electron chi connectivity index (χ2n) is 8.14. The number of halogens is 1. The summed E-state index contributed by atoms with van der Waals surface area (Å²) in [6.45, 7) is 6.54. The zero-order valence-electron chi connectivity index (χ0n) is 18.2. The van der Waals surface area contributed by atoms with E-state index in [-0.39, 0.29) is 24.0 Å². The lowest BCUT2D eigenvalue weighted by Gasteiger charge is -2.31. The molecule has 1 aromatic rings. The minimum atomic E-state index is 0. The van der Waals surface area contributed by atoms with E-state index in [0.717, 1.165) is 37.9 Å². The molecule has 6 nitrogen and oxygen atoms in total. The number of benzene rings is 1. The number of methoxy groups -OCH3 is 1. The van der Waals surface area contributed by atoms with Gasteiger partial charge in [-0.25, -0.2) is 0 Å². The van der Waals surface area contributed by atoms with Gasteiger partial charge in [-0.1, -0.05) is 12.1 Å². The molecule has 2 atom stereocenters. The number of aliphatic imine (C=N–C) groups is 1. The maximum atomic E-state index is 5.45. The molecular weight excluding hydrogens is 477 g/mol. The van der Waals surface area contributed by atoms with Crippen LogP contribution in [0, 0.1) is 5.92 Å². The first-order valence-electron chi connectivity index (χ1n) is 10.7. The van der Waals surface area contributed by atoms with Gasteiger partial charge >= 0.3 is 0 Å². The highest BCUT2D eigenvalue weighted by molar-refractivity contribution is 14.0. The van der Waals surface area contributed by atoms with Gasteiger partial charge in [0, 0.05) is 26.7 Å². The first kappa shape index (κ1) is 24.2. The summed E-state index contributed by atoms with van der Waals surface area (Å²) in [5.74, 6) is 2.52. The Morgan fingerprint density at radius 2 is 2.00 bits per heavy atom. The Bertz CT molecular complexity index is 635. The van der Waals surface area contributed by atoms with Crippen LogP contribution in [0.3, 0.4) is 0 Å². The van der Waals surface area contributed by atoms with Gasteiger partial charge in [0.05, 0.1) is 13.2 Å². The monoisotopic (exact) mass is 515 g/mol. The smallest absolute Gasteiger partial charge is 0.191 e. The fraction of sp³-hybridized carbons (Fsp3) is 0.682. The van der Waals surface area contributed by atoms with Crippen LogP contribution in [0.1, 0.15) is 37.3 Å². The number of likely N-dealkylation sites (tertiary alicyclic amines) is 2. The van der Waals surface area contributed by atoms with Crippen molar-refractivity contribution in [3.05, 3.63) is 29.8 Å². The molecule has 7 heteroatoms.